The zero-order valence-electron chi connectivity index (χ0n) is 12.0. The van der Waals surface area contributed by atoms with Gasteiger partial charge in [0.1, 0.15) is 5.82 Å². The van der Waals surface area contributed by atoms with Crippen LogP contribution in [0.3, 0.4) is 0 Å². The summed E-state index contributed by atoms with van der Waals surface area (Å²) in [7, 11) is 1.92. The quantitative estimate of drug-likeness (QED) is 0.888. The highest BCUT2D eigenvalue weighted by atomic mass is 79.9. The molecule has 2 rings (SSSR count). The maximum atomic E-state index is 13.8. The summed E-state index contributed by atoms with van der Waals surface area (Å²) < 4.78 is 20.2. The molecule has 2 atom stereocenters. The van der Waals surface area contributed by atoms with E-state index in [1.165, 1.54) is 0 Å². The molecule has 0 aliphatic carbocycles. The van der Waals surface area contributed by atoms with Crippen LogP contribution in [0, 0.1) is 5.82 Å². The number of benzene rings is 1. The first-order valence-corrected chi connectivity index (χ1v) is 7.91. The normalized spacial score (nSPS) is 24.0. The summed E-state index contributed by atoms with van der Waals surface area (Å²) in [6, 6.07) is 5.49. The van der Waals surface area contributed by atoms with Crippen LogP contribution in [0.4, 0.5) is 4.39 Å². The molecule has 1 aromatic rings. The van der Waals surface area contributed by atoms with Crippen LogP contribution < -0.4 is 5.32 Å². The molecule has 0 bridgehead atoms. The standard InChI is InChI=1S/C15H22BrFN2O/c1-3-6-19-7-8-20-14(10-18-2)15(19)11-4-5-12(16)13(17)9-11/h4-5,9,14-15,18H,3,6-8,10H2,1-2H3. The van der Waals surface area contributed by atoms with Crippen LogP contribution in [-0.4, -0.2) is 44.3 Å². The van der Waals surface area contributed by atoms with E-state index in [4.69, 9.17) is 4.74 Å². The molecule has 0 amide bonds. The number of halogens is 2. The number of hydrogen-bond acceptors (Lipinski definition) is 3. The van der Waals surface area contributed by atoms with Gasteiger partial charge in [0.2, 0.25) is 0 Å². The Bertz CT molecular complexity index is 426. The van der Waals surface area contributed by atoms with Gasteiger partial charge in [-0.05, 0) is 53.6 Å². The second-order valence-corrected chi connectivity index (χ2v) is 5.98. The third-order valence-electron chi connectivity index (χ3n) is 3.66. The predicted molar refractivity (Wildman–Crippen MR) is 82.4 cm³/mol. The minimum Gasteiger partial charge on any atom is -0.374 e. The Labute approximate surface area is 128 Å². The van der Waals surface area contributed by atoms with E-state index < -0.39 is 0 Å². The molecule has 5 heteroatoms. The second-order valence-electron chi connectivity index (χ2n) is 5.12. The van der Waals surface area contributed by atoms with Crippen LogP contribution in [0.15, 0.2) is 22.7 Å². The number of ether oxygens (including phenoxy) is 1. The summed E-state index contributed by atoms with van der Waals surface area (Å²) in [5.41, 5.74) is 0.985. The minimum absolute atomic E-state index is 0.0564. The fourth-order valence-electron chi connectivity index (χ4n) is 2.82. The van der Waals surface area contributed by atoms with Gasteiger partial charge in [-0.1, -0.05) is 13.0 Å². The molecule has 1 N–H and O–H groups in total. The topological polar surface area (TPSA) is 24.5 Å². The van der Waals surface area contributed by atoms with Gasteiger partial charge >= 0.3 is 0 Å². The number of morpholine rings is 1. The third-order valence-corrected chi connectivity index (χ3v) is 4.30. The van der Waals surface area contributed by atoms with Crippen molar-refractivity contribution in [3.05, 3.63) is 34.1 Å². The first-order valence-electron chi connectivity index (χ1n) is 7.12. The molecule has 1 aliphatic heterocycles. The fourth-order valence-corrected chi connectivity index (χ4v) is 3.06. The minimum atomic E-state index is -0.215. The van der Waals surface area contributed by atoms with E-state index in [2.05, 4.69) is 33.1 Å². The molecular weight excluding hydrogens is 323 g/mol. The van der Waals surface area contributed by atoms with E-state index in [0.717, 1.165) is 38.2 Å². The summed E-state index contributed by atoms with van der Waals surface area (Å²) in [4.78, 5) is 2.40. The first kappa shape index (κ1) is 15.9. The molecule has 1 saturated heterocycles. The Morgan fingerprint density at radius 1 is 1.50 bits per heavy atom. The average Bonchev–Trinajstić information content (AvgIpc) is 2.43. The lowest BCUT2D eigenvalue weighted by Gasteiger charge is -2.41. The van der Waals surface area contributed by atoms with E-state index in [-0.39, 0.29) is 18.0 Å². The van der Waals surface area contributed by atoms with Gasteiger partial charge in [-0.25, -0.2) is 4.39 Å². The van der Waals surface area contributed by atoms with Crippen molar-refractivity contribution in [2.75, 3.05) is 33.3 Å². The summed E-state index contributed by atoms with van der Waals surface area (Å²) in [5, 5.41) is 3.17. The molecule has 0 aromatic heterocycles. The number of hydrogen-bond donors (Lipinski definition) is 1. The highest BCUT2D eigenvalue weighted by molar-refractivity contribution is 9.10. The maximum absolute atomic E-state index is 13.8. The van der Waals surface area contributed by atoms with E-state index in [0.29, 0.717) is 4.47 Å². The van der Waals surface area contributed by atoms with Gasteiger partial charge in [0.05, 0.1) is 23.2 Å². The smallest absolute Gasteiger partial charge is 0.137 e. The number of rotatable bonds is 5. The monoisotopic (exact) mass is 344 g/mol. The van der Waals surface area contributed by atoms with Crippen LogP contribution >= 0.6 is 15.9 Å². The Hall–Kier alpha value is -0.490. The molecular formula is C15H22BrFN2O. The lowest BCUT2D eigenvalue weighted by molar-refractivity contribution is -0.0705. The van der Waals surface area contributed by atoms with Gasteiger partial charge in [-0.3, -0.25) is 4.90 Å². The second kappa shape index (κ2) is 7.50. The van der Waals surface area contributed by atoms with Crippen molar-refractivity contribution in [3.63, 3.8) is 0 Å². The van der Waals surface area contributed by atoms with Gasteiger partial charge in [0, 0.05) is 13.1 Å². The summed E-state index contributed by atoms with van der Waals surface area (Å²) >= 11 is 3.21. The first-order chi connectivity index (χ1) is 9.67. The van der Waals surface area contributed by atoms with Crippen molar-refractivity contribution >= 4 is 15.9 Å². The largest absolute Gasteiger partial charge is 0.374 e. The van der Waals surface area contributed by atoms with Crippen LogP contribution in [0.1, 0.15) is 24.9 Å². The van der Waals surface area contributed by atoms with Crippen LogP contribution in [-0.2, 0) is 4.74 Å². The molecule has 112 valence electrons. The lowest BCUT2D eigenvalue weighted by atomic mass is 9.97. The predicted octanol–water partition coefficient (Wildman–Crippen LogP) is 2.96. The maximum Gasteiger partial charge on any atom is 0.137 e. The van der Waals surface area contributed by atoms with Crippen molar-refractivity contribution in [1.82, 2.24) is 10.2 Å². The van der Waals surface area contributed by atoms with Crippen LogP contribution in [0.5, 0.6) is 0 Å². The molecule has 1 aliphatic rings. The molecule has 3 nitrogen and oxygen atoms in total. The number of likely N-dealkylation sites (N-methyl/N-ethyl adjacent to an activating group) is 1. The van der Waals surface area contributed by atoms with Gasteiger partial charge < -0.3 is 10.1 Å². The average molecular weight is 345 g/mol. The Kier molecular flexibility index (Phi) is 5.96. The number of nitrogens with one attached hydrogen (secondary N) is 1. The summed E-state index contributed by atoms with van der Waals surface area (Å²) in [6.07, 6.45) is 1.14. The Morgan fingerprint density at radius 3 is 2.95 bits per heavy atom. The zero-order chi connectivity index (χ0) is 14.5. The lowest BCUT2D eigenvalue weighted by Crippen LogP contribution is -2.48. The molecule has 0 radical (unpaired) electrons. The van der Waals surface area contributed by atoms with Crippen LogP contribution in [0.2, 0.25) is 0 Å². The fraction of sp³-hybridized carbons (Fsp3) is 0.600. The van der Waals surface area contributed by atoms with E-state index in [1.807, 2.05) is 13.1 Å². The molecule has 0 saturated carbocycles. The highest BCUT2D eigenvalue weighted by Gasteiger charge is 2.33. The van der Waals surface area contributed by atoms with Gasteiger partial charge in [0.25, 0.3) is 0 Å². The van der Waals surface area contributed by atoms with E-state index in [9.17, 15) is 4.39 Å². The number of nitrogens with zero attached hydrogens (tertiary/aromatic N) is 1. The molecule has 1 heterocycles. The molecule has 20 heavy (non-hydrogen) atoms. The summed E-state index contributed by atoms with van der Waals surface area (Å²) in [5.74, 6) is -0.215. The summed E-state index contributed by atoms with van der Waals surface area (Å²) in [6.45, 7) is 5.58. The van der Waals surface area contributed by atoms with Crippen LogP contribution in [0.25, 0.3) is 0 Å². The molecule has 0 spiro atoms. The highest BCUT2D eigenvalue weighted by Crippen LogP contribution is 2.31. The Morgan fingerprint density at radius 2 is 2.30 bits per heavy atom. The van der Waals surface area contributed by atoms with E-state index >= 15 is 0 Å². The van der Waals surface area contributed by atoms with Gasteiger partial charge in [-0.2, -0.15) is 0 Å². The van der Waals surface area contributed by atoms with Crippen molar-refractivity contribution in [2.45, 2.75) is 25.5 Å². The molecule has 1 aromatic carbocycles. The Balaban J connectivity index is 2.29. The molecule has 2 unspecified atom stereocenters. The van der Waals surface area contributed by atoms with Crippen molar-refractivity contribution < 1.29 is 9.13 Å². The third kappa shape index (κ3) is 3.58. The van der Waals surface area contributed by atoms with Gasteiger partial charge in [0.15, 0.2) is 0 Å². The van der Waals surface area contributed by atoms with E-state index in [1.54, 1.807) is 12.1 Å². The van der Waals surface area contributed by atoms with Crippen molar-refractivity contribution in [2.24, 2.45) is 0 Å². The van der Waals surface area contributed by atoms with Crippen molar-refractivity contribution in [1.29, 1.82) is 0 Å². The molecule has 1 fully saturated rings. The van der Waals surface area contributed by atoms with Crippen molar-refractivity contribution in [3.8, 4) is 0 Å². The SMILES string of the molecule is CCCN1CCOC(CNC)C1c1ccc(Br)c(F)c1. The zero-order valence-corrected chi connectivity index (χ0v) is 13.6. The van der Waals surface area contributed by atoms with Gasteiger partial charge in [-0.15, -0.1) is 0 Å².